The zero-order valence-electron chi connectivity index (χ0n) is 33.0. The number of carbonyl (C=O) groups excluding carboxylic acids is 2. The lowest BCUT2D eigenvalue weighted by Crippen LogP contribution is -2.94. The van der Waals surface area contributed by atoms with E-state index in [0.717, 1.165) is 32.1 Å². The maximum Gasteiger partial charge on any atom is 0.510 e. The van der Waals surface area contributed by atoms with Crippen molar-refractivity contribution in [2.24, 2.45) is 5.41 Å². The van der Waals surface area contributed by atoms with E-state index >= 15 is 0 Å². The highest BCUT2D eigenvalue weighted by molar-refractivity contribution is 5.86. The molecule has 2 aromatic rings. The number of piperidine rings is 2. The van der Waals surface area contributed by atoms with E-state index < -0.39 is 24.0 Å². The van der Waals surface area contributed by atoms with E-state index in [4.69, 9.17) is 18.9 Å². The van der Waals surface area contributed by atoms with Gasteiger partial charge in [0.05, 0.1) is 19.7 Å². The van der Waals surface area contributed by atoms with Crippen LogP contribution in [0.3, 0.4) is 0 Å². The SMILES string of the molecule is CCCCCCCCCCCCCCCCCOC(=O)OC(CC)OC(C(=O)OC1CC2C13CCC3[N+]21CCCC1)(c1ccccc1)c1ccccc1. The second kappa shape index (κ2) is 19.1. The molecule has 7 heteroatoms. The third-order valence-corrected chi connectivity index (χ3v) is 13.5. The molecule has 2 aliphatic heterocycles. The molecule has 4 fully saturated rings. The summed E-state index contributed by atoms with van der Waals surface area (Å²) in [6.45, 7) is 7.04. The van der Waals surface area contributed by atoms with Crippen LogP contribution in [0.4, 0.5) is 4.79 Å². The average molecular weight is 731 g/mol. The molecule has 2 aromatic carbocycles. The van der Waals surface area contributed by atoms with Gasteiger partial charge in [-0.2, -0.15) is 0 Å². The Labute approximate surface area is 320 Å². The molecule has 0 N–H and O–H groups in total. The fraction of sp³-hybridized carbons (Fsp3) is 0.696. The van der Waals surface area contributed by atoms with Crippen LogP contribution in [0.15, 0.2) is 60.7 Å². The van der Waals surface area contributed by atoms with E-state index in [1.807, 2.05) is 67.6 Å². The number of rotatable bonds is 24. The van der Waals surface area contributed by atoms with Crippen molar-refractivity contribution in [1.29, 1.82) is 0 Å². The fourth-order valence-electron chi connectivity index (χ4n) is 10.6. The predicted octanol–water partition coefficient (Wildman–Crippen LogP) is 11.2. The summed E-state index contributed by atoms with van der Waals surface area (Å²) < 4.78 is 25.9. The molecular weight excluding hydrogens is 663 g/mol. The van der Waals surface area contributed by atoms with Crippen LogP contribution in [-0.2, 0) is 29.3 Å². The van der Waals surface area contributed by atoms with Crippen LogP contribution in [0.25, 0.3) is 0 Å². The summed E-state index contributed by atoms with van der Waals surface area (Å²) in [5.41, 5.74) is -0.182. The number of unbranched alkanes of at least 4 members (excludes halogenated alkanes) is 14. The minimum atomic E-state index is -1.61. The topological polar surface area (TPSA) is 71.1 Å². The van der Waals surface area contributed by atoms with Gasteiger partial charge in [0, 0.05) is 32.1 Å². The highest BCUT2D eigenvalue weighted by atomic mass is 16.8. The zero-order chi connectivity index (χ0) is 37.0. The Morgan fingerprint density at radius 1 is 0.736 bits per heavy atom. The normalized spacial score (nSPS) is 24.2. The quantitative estimate of drug-likeness (QED) is 0.0463. The Hall–Kier alpha value is -2.90. The highest BCUT2D eigenvalue weighted by Crippen LogP contribution is 2.73. The number of hydrogen-bond acceptors (Lipinski definition) is 6. The van der Waals surface area contributed by atoms with Gasteiger partial charge >= 0.3 is 12.1 Å². The molecule has 5 atom stereocenters. The summed E-state index contributed by atoms with van der Waals surface area (Å²) in [5, 5.41) is 0. The number of ether oxygens (including phenoxy) is 4. The number of hydrogen-bond donors (Lipinski definition) is 0. The lowest BCUT2D eigenvalue weighted by atomic mass is 9.39. The van der Waals surface area contributed by atoms with Gasteiger partial charge in [-0.1, -0.05) is 164 Å². The van der Waals surface area contributed by atoms with Crippen molar-refractivity contribution in [3.63, 3.8) is 0 Å². The number of nitrogens with zero attached hydrogens (tertiary/aromatic N) is 1. The summed E-state index contributed by atoms with van der Waals surface area (Å²) in [5.74, 6) is -0.438. The monoisotopic (exact) mass is 731 g/mol. The first-order chi connectivity index (χ1) is 26.0. The maximum absolute atomic E-state index is 14.8. The van der Waals surface area contributed by atoms with Crippen LogP contribution < -0.4 is 0 Å². The highest BCUT2D eigenvalue weighted by Gasteiger charge is 2.86. The van der Waals surface area contributed by atoms with E-state index in [1.54, 1.807) is 0 Å². The standard InChI is InChI=1S/C46H68NO6/c1-3-5-6-7-8-9-10-11-12-13-14-15-16-17-26-35-50-44(49)52-42(4-2)53-46(37-27-20-18-21-28-37,38-29-22-19-23-30-38)43(48)51-41-36-40-45(41)32-31-39(45)47(40)33-24-25-34-47/h18-23,27-30,39-42H,3-17,24-26,31-36H2,1-2H3/q+1. The van der Waals surface area contributed by atoms with E-state index in [1.165, 1.54) is 114 Å². The molecule has 5 unspecified atom stereocenters. The number of quaternary nitrogens is 1. The lowest BCUT2D eigenvalue weighted by Gasteiger charge is -2.80. The van der Waals surface area contributed by atoms with Gasteiger partial charge in [-0.3, -0.25) is 0 Å². The van der Waals surface area contributed by atoms with Gasteiger partial charge < -0.3 is 23.4 Å². The minimum Gasteiger partial charge on any atom is -0.458 e. The number of esters is 1. The molecule has 0 aromatic heterocycles. The second-order valence-electron chi connectivity index (χ2n) is 16.6. The molecule has 2 saturated heterocycles. The second-order valence-corrected chi connectivity index (χ2v) is 16.6. The third kappa shape index (κ3) is 8.52. The van der Waals surface area contributed by atoms with Crippen molar-refractivity contribution in [1.82, 2.24) is 0 Å². The molecule has 6 rings (SSSR count). The smallest absolute Gasteiger partial charge is 0.458 e. The average Bonchev–Trinajstić information content (AvgIpc) is 3.64. The summed E-state index contributed by atoms with van der Waals surface area (Å²) >= 11 is 0. The van der Waals surface area contributed by atoms with Crippen LogP contribution in [0.2, 0.25) is 0 Å². The molecule has 0 bridgehead atoms. The third-order valence-electron chi connectivity index (χ3n) is 13.5. The molecule has 0 radical (unpaired) electrons. The van der Waals surface area contributed by atoms with E-state index in [0.29, 0.717) is 36.2 Å². The zero-order valence-corrected chi connectivity index (χ0v) is 33.0. The van der Waals surface area contributed by atoms with Gasteiger partial charge in [0.2, 0.25) is 11.9 Å². The van der Waals surface area contributed by atoms with Gasteiger partial charge in [0.1, 0.15) is 23.6 Å². The van der Waals surface area contributed by atoms with Gasteiger partial charge in [0.25, 0.3) is 0 Å². The summed E-state index contributed by atoms with van der Waals surface area (Å²) in [7, 11) is 0. The van der Waals surface area contributed by atoms with E-state index in [-0.39, 0.29) is 11.5 Å². The minimum absolute atomic E-state index is 0.112. The molecule has 4 aliphatic rings. The molecule has 2 heterocycles. The van der Waals surface area contributed by atoms with Crippen molar-refractivity contribution in [2.45, 2.75) is 179 Å². The summed E-state index contributed by atoms with van der Waals surface area (Å²) in [6.07, 6.45) is 23.6. The Morgan fingerprint density at radius 2 is 1.26 bits per heavy atom. The summed E-state index contributed by atoms with van der Waals surface area (Å²) in [6, 6.07) is 20.3. The summed E-state index contributed by atoms with van der Waals surface area (Å²) in [4.78, 5) is 27.8. The largest absolute Gasteiger partial charge is 0.510 e. The Balaban J connectivity index is 0.982. The first-order valence-electron chi connectivity index (χ1n) is 21.7. The van der Waals surface area contributed by atoms with Gasteiger partial charge in [-0.05, 0) is 24.0 Å². The van der Waals surface area contributed by atoms with Crippen LogP contribution >= 0.6 is 0 Å². The molecule has 2 aliphatic carbocycles. The Morgan fingerprint density at radius 3 is 1.74 bits per heavy atom. The van der Waals surface area contributed by atoms with Crippen molar-refractivity contribution in [3.8, 4) is 0 Å². The van der Waals surface area contributed by atoms with E-state index in [9.17, 15) is 9.59 Å². The molecule has 2 saturated carbocycles. The van der Waals surface area contributed by atoms with E-state index in [2.05, 4.69) is 6.92 Å². The predicted molar refractivity (Wildman–Crippen MR) is 209 cm³/mol. The van der Waals surface area contributed by atoms with Crippen molar-refractivity contribution >= 4 is 12.1 Å². The molecule has 2 spiro atoms. The Bertz CT molecular complexity index is 1360. The molecule has 7 nitrogen and oxygen atoms in total. The number of benzene rings is 2. The van der Waals surface area contributed by atoms with Crippen LogP contribution in [0, 0.1) is 5.41 Å². The van der Waals surface area contributed by atoms with Crippen LogP contribution in [0.5, 0.6) is 0 Å². The molecule has 53 heavy (non-hydrogen) atoms. The van der Waals surface area contributed by atoms with Crippen molar-refractivity contribution in [2.75, 3.05) is 19.7 Å². The van der Waals surface area contributed by atoms with Gasteiger partial charge in [0.15, 0.2) is 0 Å². The Kier molecular flexibility index (Phi) is 14.3. The van der Waals surface area contributed by atoms with Crippen LogP contribution in [-0.4, -0.2) is 60.8 Å². The van der Waals surface area contributed by atoms with Crippen molar-refractivity contribution in [3.05, 3.63) is 71.8 Å². The fourth-order valence-corrected chi connectivity index (χ4v) is 10.6. The number of carbonyl (C=O) groups is 2. The molecule has 292 valence electrons. The first kappa shape index (κ1) is 39.8. The lowest BCUT2D eigenvalue weighted by molar-refractivity contribution is -1.05. The molecular formula is C46H68NO6+. The first-order valence-corrected chi connectivity index (χ1v) is 21.7. The van der Waals surface area contributed by atoms with Crippen molar-refractivity contribution < 1.29 is 33.0 Å². The van der Waals surface area contributed by atoms with Gasteiger partial charge in [-0.25, -0.2) is 9.59 Å². The van der Waals surface area contributed by atoms with Gasteiger partial charge in [-0.15, -0.1) is 0 Å². The van der Waals surface area contributed by atoms with Crippen LogP contribution in [0.1, 0.15) is 160 Å². The molecule has 0 amide bonds. The number of fused-ring (bicyclic) bond motifs is 2. The maximum atomic E-state index is 14.8.